The van der Waals surface area contributed by atoms with Gasteiger partial charge >= 0.3 is 0 Å². The molecule has 1 aliphatic rings. The van der Waals surface area contributed by atoms with Gasteiger partial charge in [0.2, 0.25) is 5.95 Å². The minimum absolute atomic E-state index is 0.00922. The van der Waals surface area contributed by atoms with Gasteiger partial charge in [0, 0.05) is 35.6 Å². The molecular formula is C25H26ClFN4O2S. The van der Waals surface area contributed by atoms with Crippen LogP contribution in [0.5, 0.6) is 0 Å². The summed E-state index contributed by atoms with van der Waals surface area (Å²) in [6, 6.07) is 11.2. The zero-order chi connectivity index (χ0) is 24.1. The molecule has 0 aliphatic heterocycles. The van der Waals surface area contributed by atoms with Gasteiger partial charge in [0.25, 0.3) is 0 Å². The Bertz CT molecular complexity index is 1270. The number of hydrogen-bond donors (Lipinski definition) is 2. The van der Waals surface area contributed by atoms with E-state index < -0.39 is 21.4 Å². The van der Waals surface area contributed by atoms with Gasteiger partial charge in [-0.05, 0) is 49.4 Å². The van der Waals surface area contributed by atoms with Gasteiger partial charge in [-0.25, -0.2) is 22.8 Å². The summed E-state index contributed by atoms with van der Waals surface area (Å²) in [7, 11) is -3.77. The SMILES string of the molecule is NC1CCC(Nc2ncc(/C=C/c3ccc(CS(=O)(=O)c4ccccc4Cl)c(F)c3)cn2)CC1. The van der Waals surface area contributed by atoms with Gasteiger partial charge < -0.3 is 11.1 Å². The highest BCUT2D eigenvalue weighted by Gasteiger charge is 2.21. The summed E-state index contributed by atoms with van der Waals surface area (Å²) in [6.07, 6.45) is 10.9. The Kier molecular flexibility index (Phi) is 7.60. The van der Waals surface area contributed by atoms with E-state index in [-0.39, 0.29) is 21.5 Å². The number of anilines is 1. The molecule has 1 fully saturated rings. The van der Waals surface area contributed by atoms with E-state index in [1.165, 1.54) is 24.3 Å². The van der Waals surface area contributed by atoms with Crippen molar-refractivity contribution < 1.29 is 12.8 Å². The number of benzene rings is 2. The Hall–Kier alpha value is -2.81. The van der Waals surface area contributed by atoms with Crippen LogP contribution < -0.4 is 11.1 Å². The van der Waals surface area contributed by atoms with E-state index in [1.54, 1.807) is 42.7 Å². The molecule has 3 N–H and O–H groups in total. The molecule has 0 spiro atoms. The van der Waals surface area contributed by atoms with E-state index in [9.17, 15) is 12.8 Å². The van der Waals surface area contributed by atoms with Crippen LogP contribution in [0.3, 0.4) is 0 Å². The standard InChI is InChI=1S/C25H26ClFN4O2S/c26-22-3-1-2-4-24(22)34(32,33)16-19-8-7-17(13-23(19)27)5-6-18-14-29-25(30-15-18)31-21-11-9-20(28)10-12-21/h1-8,13-15,20-21H,9-12,16,28H2,(H,29,30,31)/b6-5+. The van der Waals surface area contributed by atoms with Crippen molar-refractivity contribution in [3.63, 3.8) is 0 Å². The predicted octanol–water partition coefficient (Wildman–Crippen LogP) is 5.10. The van der Waals surface area contributed by atoms with Crippen molar-refractivity contribution in [1.29, 1.82) is 0 Å². The van der Waals surface area contributed by atoms with Crippen LogP contribution in [0.15, 0.2) is 59.8 Å². The summed E-state index contributed by atoms with van der Waals surface area (Å²) in [4.78, 5) is 8.70. The first-order valence-electron chi connectivity index (χ1n) is 11.1. The Morgan fingerprint density at radius 1 is 1.03 bits per heavy atom. The van der Waals surface area contributed by atoms with Crippen LogP contribution in [0, 0.1) is 5.82 Å². The molecule has 1 aliphatic carbocycles. The molecule has 0 bridgehead atoms. The van der Waals surface area contributed by atoms with Crippen molar-refractivity contribution >= 4 is 39.5 Å². The van der Waals surface area contributed by atoms with Crippen LogP contribution in [0.25, 0.3) is 12.2 Å². The first kappa shape index (κ1) is 24.3. The predicted molar refractivity (Wildman–Crippen MR) is 134 cm³/mol. The van der Waals surface area contributed by atoms with E-state index in [0.717, 1.165) is 31.2 Å². The number of sulfone groups is 1. The fourth-order valence-electron chi connectivity index (χ4n) is 3.90. The molecule has 6 nitrogen and oxygen atoms in total. The summed E-state index contributed by atoms with van der Waals surface area (Å²) in [5.41, 5.74) is 7.39. The molecule has 9 heteroatoms. The zero-order valence-electron chi connectivity index (χ0n) is 18.5. The lowest BCUT2D eigenvalue weighted by Gasteiger charge is -2.26. The van der Waals surface area contributed by atoms with Gasteiger partial charge in [-0.3, -0.25) is 0 Å². The number of nitrogens with one attached hydrogen (secondary N) is 1. The van der Waals surface area contributed by atoms with Crippen LogP contribution in [0.1, 0.15) is 42.4 Å². The minimum Gasteiger partial charge on any atom is -0.351 e. The molecule has 34 heavy (non-hydrogen) atoms. The van der Waals surface area contributed by atoms with Gasteiger partial charge in [-0.2, -0.15) is 0 Å². The number of halogens is 2. The minimum atomic E-state index is -3.77. The first-order valence-corrected chi connectivity index (χ1v) is 13.1. The van der Waals surface area contributed by atoms with Crippen LogP contribution in [0.4, 0.5) is 10.3 Å². The highest BCUT2D eigenvalue weighted by atomic mass is 35.5. The van der Waals surface area contributed by atoms with Crippen LogP contribution in [-0.4, -0.2) is 30.5 Å². The number of hydrogen-bond acceptors (Lipinski definition) is 6. The van der Waals surface area contributed by atoms with Crippen LogP contribution >= 0.6 is 11.6 Å². The summed E-state index contributed by atoms with van der Waals surface area (Å²) in [5, 5.41) is 3.46. The Morgan fingerprint density at radius 2 is 1.71 bits per heavy atom. The van der Waals surface area contributed by atoms with Gasteiger partial charge in [-0.1, -0.05) is 48.0 Å². The lowest BCUT2D eigenvalue weighted by atomic mass is 9.92. The van der Waals surface area contributed by atoms with Crippen molar-refractivity contribution in [2.45, 2.75) is 48.4 Å². The second-order valence-electron chi connectivity index (χ2n) is 8.47. The van der Waals surface area contributed by atoms with Crippen molar-refractivity contribution in [1.82, 2.24) is 9.97 Å². The summed E-state index contributed by atoms with van der Waals surface area (Å²) in [5.74, 6) is -0.490. The molecule has 1 aromatic heterocycles. The van der Waals surface area contributed by atoms with Gasteiger partial charge in [-0.15, -0.1) is 0 Å². The third kappa shape index (κ3) is 6.20. The zero-order valence-corrected chi connectivity index (χ0v) is 20.1. The fourth-order valence-corrected chi connectivity index (χ4v) is 5.84. The second-order valence-corrected chi connectivity index (χ2v) is 10.8. The fraction of sp³-hybridized carbons (Fsp3) is 0.280. The topological polar surface area (TPSA) is 98.0 Å². The molecule has 1 saturated carbocycles. The molecule has 4 rings (SSSR count). The highest BCUT2D eigenvalue weighted by Crippen LogP contribution is 2.26. The monoisotopic (exact) mass is 500 g/mol. The third-order valence-electron chi connectivity index (χ3n) is 5.84. The third-order valence-corrected chi connectivity index (χ3v) is 8.00. The van der Waals surface area contributed by atoms with Gasteiger partial charge in [0.1, 0.15) is 5.82 Å². The second kappa shape index (κ2) is 10.6. The van der Waals surface area contributed by atoms with E-state index in [4.69, 9.17) is 17.3 Å². The van der Waals surface area contributed by atoms with Crippen LogP contribution in [0.2, 0.25) is 5.02 Å². The van der Waals surface area contributed by atoms with E-state index in [1.807, 2.05) is 0 Å². The van der Waals surface area contributed by atoms with Crippen LogP contribution in [-0.2, 0) is 15.6 Å². The quantitative estimate of drug-likeness (QED) is 0.468. The van der Waals surface area contributed by atoms with Crippen molar-refractivity contribution in [2.24, 2.45) is 5.73 Å². The first-order chi connectivity index (χ1) is 16.3. The molecule has 178 valence electrons. The van der Waals surface area contributed by atoms with Crippen molar-refractivity contribution in [3.05, 3.63) is 82.4 Å². The maximum atomic E-state index is 14.7. The van der Waals surface area contributed by atoms with Gasteiger partial charge in [0.05, 0.1) is 15.7 Å². The maximum Gasteiger partial charge on any atom is 0.222 e. The average molecular weight is 501 g/mol. The Balaban J connectivity index is 1.39. The number of nitrogens with two attached hydrogens (primary N) is 1. The smallest absolute Gasteiger partial charge is 0.222 e. The Morgan fingerprint density at radius 3 is 2.38 bits per heavy atom. The molecule has 0 amide bonds. The normalized spacial score (nSPS) is 18.8. The largest absolute Gasteiger partial charge is 0.351 e. The molecule has 3 aromatic rings. The molecular weight excluding hydrogens is 475 g/mol. The molecule has 0 radical (unpaired) electrons. The van der Waals surface area contributed by atoms with E-state index in [0.29, 0.717) is 17.6 Å². The molecule has 0 unspecified atom stereocenters. The maximum absolute atomic E-state index is 14.7. The summed E-state index contributed by atoms with van der Waals surface area (Å²) >= 11 is 6.00. The number of nitrogens with zero attached hydrogens (tertiary/aromatic N) is 2. The summed E-state index contributed by atoms with van der Waals surface area (Å²) < 4.78 is 39.9. The number of rotatable bonds is 7. The van der Waals surface area contributed by atoms with E-state index in [2.05, 4.69) is 15.3 Å². The molecule has 2 aromatic carbocycles. The Labute approximate surface area is 204 Å². The molecule has 0 saturated heterocycles. The lowest BCUT2D eigenvalue weighted by Crippen LogP contribution is -2.33. The van der Waals surface area contributed by atoms with Gasteiger partial charge in [0.15, 0.2) is 9.84 Å². The molecule has 1 heterocycles. The van der Waals surface area contributed by atoms with Crippen molar-refractivity contribution in [3.8, 4) is 0 Å². The van der Waals surface area contributed by atoms with Crippen molar-refractivity contribution in [2.75, 3.05) is 5.32 Å². The molecule has 0 atom stereocenters. The average Bonchev–Trinajstić information content (AvgIpc) is 2.82. The highest BCUT2D eigenvalue weighted by molar-refractivity contribution is 7.90. The van der Waals surface area contributed by atoms with E-state index >= 15 is 0 Å². The summed E-state index contributed by atoms with van der Waals surface area (Å²) in [6.45, 7) is 0. The number of aromatic nitrogens is 2. The lowest BCUT2D eigenvalue weighted by molar-refractivity contribution is 0.410.